The van der Waals surface area contributed by atoms with Crippen molar-refractivity contribution >= 4 is 23.4 Å². The normalized spacial score (nSPS) is 14.6. The number of aromatic nitrogens is 3. The summed E-state index contributed by atoms with van der Waals surface area (Å²) in [5, 5.41) is 18.4. The first-order valence-corrected chi connectivity index (χ1v) is 11.7. The van der Waals surface area contributed by atoms with Crippen LogP contribution in [0, 0.1) is 0 Å². The molecule has 0 N–H and O–H groups in total. The number of carbonyl (C=O) groups excluding carboxylic acids is 1. The number of para-hydroxylation sites is 1. The topological polar surface area (TPSA) is 82.3 Å². The lowest BCUT2D eigenvalue weighted by atomic mass is 10.0. The van der Waals surface area contributed by atoms with E-state index in [2.05, 4.69) is 11.9 Å². The maximum atomic E-state index is 13.2. The van der Waals surface area contributed by atoms with Crippen molar-refractivity contribution in [2.24, 2.45) is 0 Å². The van der Waals surface area contributed by atoms with Gasteiger partial charge in [0.2, 0.25) is 5.91 Å². The van der Waals surface area contributed by atoms with Gasteiger partial charge in [-0.25, -0.2) is 9.88 Å². The summed E-state index contributed by atoms with van der Waals surface area (Å²) in [5.74, 6) is 1.07. The summed E-state index contributed by atoms with van der Waals surface area (Å²) < 4.78 is 6.95. The summed E-state index contributed by atoms with van der Waals surface area (Å²) in [6, 6.07) is 14.9. The van der Waals surface area contributed by atoms with Gasteiger partial charge < -0.3 is 9.84 Å². The SMILES string of the molecule is CCCCCSc1nc([O-])c2[n+](n1)C(c1ccc(OC)cc1)N(C(C)=O)c1ccccc1-2. The molecule has 0 saturated carbocycles. The first kappa shape index (κ1) is 22.1. The highest BCUT2D eigenvalue weighted by atomic mass is 32.2. The largest absolute Gasteiger partial charge is 0.854 e. The summed E-state index contributed by atoms with van der Waals surface area (Å²) in [7, 11) is 1.61. The van der Waals surface area contributed by atoms with Gasteiger partial charge in [0.25, 0.3) is 17.0 Å². The Morgan fingerprint density at radius 2 is 1.94 bits per heavy atom. The third kappa shape index (κ3) is 4.14. The molecule has 4 rings (SSSR count). The highest BCUT2D eigenvalue weighted by Crippen LogP contribution is 2.41. The van der Waals surface area contributed by atoms with Crippen LogP contribution in [0.4, 0.5) is 5.69 Å². The van der Waals surface area contributed by atoms with E-state index < -0.39 is 6.17 Å². The van der Waals surface area contributed by atoms with E-state index in [1.807, 2.05) is 48.5 Å². The number of amides is 1. The van der Waals surface area contributed by atoms with Crippen LogP contribution in [-0.4, -0.2) is 28.9 Å². The molecule has 8 heteroatoms. The van der Waals surface area contributed by atoms with Gasteiger partial charge in [0.05, 0.1) is 24.2 Å². The van der Waals surface area contributed by atoms with E-state index in [-0.39, 0.29) is 11.8 Å². The van der Waals surface area contributed by atoms with Gasteiger partial charge in [-0.3, -0.25) is 4.79 Å². The monoisotopic (exact) mass is 450 g/mol. The van der Waals surface area contributed by atoms with E-state index in [0.29, 0.717) is 27.9 Å². The van der Waals surface area contributed by atoms with Crippen LogP contribution in [0.1, 0.15) is 44.8 Å². The second kappa shape index (κ2) is 9.56. The molecule has 0 bridgehead atoms. The molecule has 32 heavy (non-hydrogen) atoms. The predicted molar refractivity (Wildman–Crippen MR) is 122 cm³/mol. The molecule has 1 atom stereocenters. The molecule has 1 aromatic heterocycles. The van der Waals surface area contributed by atoms with Crippen LogP contribution in [0.3, 0.4) is 0 Å². The maximum absolute atomic E-state index is 13.2. The Balaban J connectivity index is 1.88. The molecule has 1 unspecified atom stereocenters. The standard InChI is InChI=1S/C24H26N4O3S/c1-4-5-8-15-32-24-25-22(30)21-19-9-6-7-10-20(19)27(16(2)29)23(28(21)26-24)17-11-13-18(31-3)14-12-17/h6-7,9-14,23H,4-5,8,15H2,1-3H3. The number of anilines is 1. The summed E-state index contributed by atoms with van der Waals surface area (Å²) >= 11 is 1.48. The van der Waals surface area contributed by atoms with E-state index >= 15 is 0 Å². The van der Waals surface area contributed by atoms with Gasteiger partial charge in [-0.05, 0) is 42.8 Å². The Labute approximate surface area is 192 Å². The molecule has 1 aliphatic heterocycles. The summed E-state index contributed by atoms with van der Waals surface area (Å²) in [6.07, 6.45) is 2.67. The summed E-state index contributed by atoms with van der Waals surface area (Å²) in [5.41, 5.74) is 2.53. The number of fused-ring (bicyclic) bond motifs is 3. The minimum absolute atomic E-state index is 0.139. The van der Waals surface area contributed by atoms with Gasteiger partial charge in [-0.2, -0.15) is 0 Å². The molecule has 1 amide bonds. The minimum atomic E-state index is -0.603. The van der Waals surface area contributed by atoms with Gasteiger partial charge in [-0.1, -0.05) is 48.3 Å². The van der Waals surface area contributed by atoms with Gasteiger partial charge in [0.1, 0.15) is 5.75 Å². The van der Waals surface area contributed by atoms with Crippen LogP contribution in [0.25, 0.3) is 11.3 Å². The van der Waals surface area contributed by atoms with Crippen molar-refractivity contribution in [2.45, 2.75) is 44.4 Å². The molecule has 1 aliphatic rings. The average Bonchev–Trinajstić information content (AvgIpc) is 2.80. The zero-order valence-corrected chi connectivity index (χ0v) is 19.3. The Bertz CT molecular complexity index is 1120. The molecule has 0 fully saturated rings. The zero-order valence-electron chi connectivity index (χ0n) is 18.4. The van der Waals surface area contributed by atoms with Crippen molar-refractivity contribution in [2.75, 3.05) is 17.8 Å². The van der Waals surface area contributed by atoms with Crippen molar-refractivity contribution in [1.82, 2.24) is 10.1 Å². The quantitative estimate of drug-likeness (QED) is 0.310. The first-order chi connectivity index (χ1) is 15.5. The van der Waals surface area contributed by atoms with Crippen LogP contribution in [0.2, 0.25) is 0 Å². The average molecular weight is 451 g/mol. The Morgan fingerprint density at radius 3 is 2.62 bits per heavy atom. The smallest absolute Gasteiger partial charge is 0.293 e. The number of carbonyl (C=O) groups is 1. The molecule has 2 aromatic carbocycles. The van der Waals surface area contributed by atoms with E-state index in [1.54, 1.807) is 16.7 Å². The fourth-order valence-corrected chi connectivity index (χ4v) is 4.75. The van der Waals surface area contributed by atoms with Crippen molar-refractivity contribution in [1.29, 1.82) is 0 Å². The molecular formula is C24H26N4O3S. The fourth-order valence-electron chi connectivity index (χ4n) is 3.93. The lowest BCUT2D eigenvalue weighted by Gasteiger charge is -2.32. The molecule has 0 radical (unpaired) electrons. The molecular weight excluding hydrogens is 424 g/mol. The number of thioether (sulfide) groups is 1. The van der Waals surface area contributed by atoms with Crippen molar-refractivity contribution in [3.63, 3.8) is 0 Å². The minimum Gasteiger partial charge on any atom is -0.854 e. The number of hydrogen-bond donors (Lipinski definition) is 0. The zero-order chi connectivity index (χ0) is 22.7. The third-order valence-electron chi connectivity index (χ3n) is 5.45. The molecule has 3 aromatic rings. The predicted octanol–water partition coefficient (Wildman–Crippen LogP) is 3.71. The number of ether oxygens (including phenoxy) is 1. The number of nitrogens with zero attached hydrogens (tertiary/aromatic N) is 4. The van der Waals surface area contributed by atoms with Crippen LogP contribution < -0.4 is 19.4 Å². The van der Waals surface area contributed by atoms with Crippen molar-refractivity contribution in [3.8, 4) is 22.9 Å². The Morgan fingerprint density at radius 1 is 1.19 bits per heavy atom. The second-order valence-corrected chi connectivity index (χ2v) is 8.66. The van der Waals surface area contributed by atoms with Gasteiger partial charge >= 0.3 is 0 Å². The molecule has 7 nitrogen and oxygen atoms in total. The van der Waals surface area contributed by atoms with Crippen LogP contribution >= 0.6 is 11.8 Å². The van der Waals surface area contributed by atoms with Crippen molar-refractivity contribution in [3.05, 3.63) is 54.1 Å². The summed E-state index contributed by atoms with van der Waals surface area (Å²) in [4.78, 5) is 18.8. The number of unbranched alkanes of at least 4 members (excludes halogenated alkanes) is 2. The number of benzene rings is 2. The van der Waals surface area contributed by atoms with Gasteiger partial charge in [-0.15, -0.1) is 0 Å². The van der Waals surface area contributed by atoms with Crippen molar-refractivity contribution < 1.29 is 19.3 Å². The first-order valence-electron chi connectivity index (χ1n) is 10.7. The van der Waals surface area contributed by atoms with E-state index in [1.165, 1.54) is 18.7 Å². The van der Waals surface area contributed by atoms with E-state index in [0.717, 1.165) is 30.6 Å². The second-order valence-electron chi connectivity index (χ2n) is 7.60. The third-order valence-corrected chi connectivity index (χ3v) is 6.37. The summed E-state index contributed by atoms with van der Waals surface area (Å²) in [6.45, 7) is 3.68. The molecule has 166 valence electrons. The van der Waals surface area contributed by atoms with Crippen LogP contribution in [0.15, 0.2) is 53.7 Å². The Kier molecular flexibility index (Phi) is 6.60. The molecule has 0 spiro atoms. The van der Waals surface area contributed by atoms with Gasteiger partial charge in [0, 0.05) is 23.3 Å². The lowest BCUT2D eigenvalue weighted by Crippen LogP contribution is -2.58. The molecule has 0 aliphatic carbocycles. The lowest BCUT2D eigenvalue weighted by molar-refractivity contribution is -0.764. The maximum Gasteiger partial charge on any atom is 0.293 e. The number of methoxy groups -OCH3 is 1. The Hall–Kier alpha value is -3.13. The van der Waals surface area contributed by atoms with E-state index in [4.69, 9.17) is 9.84 Å². The number of hydrogen-bond acceptors (Lipinski definition) is 6. The van der Waals surface area contributed by atoms with E-state index in [9.17, 15) is 9.90 Å². The number of rotatable bonds is 7. The van der Waals surface area contributed by atoms with Crippen LogP contribution in [0.5, 0.6) is 11.6 Å². The van der Waals surface area contributed by atoms with Gasteiger partial charge in [0.15, 0.2) is 0 Å². The molecule has 2 heterocycles. The molecule has 0 saturated heterocycles. The highest BCUT2D eigenvalue weighted by molar-refractivity contribution is 7.99. The fraction of sp³-hybridized carbons (Fsp3) is 0.333. The highest BCUT2D eigenvalue weighted by Gasteiger charge is 2.43. The van der Waals surface area contributed by atoms with Crippen LogP contribution in [-0.2, 0) is 4.79 Å².